The molecular weight excluding hydrogens is 278 g/mol. The molecule has 5 nitrogen and oxygen atoms in total. The molecule has 0 aliphatic carbocycles. The first kappa shape index (κ1) is 15.1. The fourth-order valence-electron chi connectivity index (χ4n) is 2.47. The van der Waals surface area contributed by atoms with Gasteiger partial charge in [-0.05, 0) is 25.5 Å². The van der Waals surface area contributed by atoms with Crippen LogP contribution in [0.2, 0.25) is 5.15 Å². The van der Waals surface area contributed by atoms with Gasteiger partial charge in [-0.15, -0.1) is 0 Å². The normalized spacial score (nSPS) is 18.1. The Morgan fingerprint density at radius 3 is 2.60 bits per heavy atom. The van der Waals surface area contributed by atoms with Gasteiger partial charge in [-0.3, -0.25) is 4.90 Å². The van der Waals surface area contributed by atoms with E-state index in [0.717, 1.165) is 32.6 Å². The van der Waals surface area contributed by atoms with E-state index in [1.807, 2.05) is 4.90 Å². The topological polar surface area (TPSA) is 56.7 Å². The van der Waals surface area contributed by atoms with Crippen molar-refractivity contribution >= 4 is 23.4 Å². The zero-order valence-corrected chi connectivity index (χ0v) is 12.6. The second-order valence-electron chi connectivity index (χ2n) is 5.09. The van der Waals surface area contributed by atoms with Crippen molar-refractivity contribution in [1.82, 2.24) is 9.88 Å². The molecule has 0 radical (unpaired) electrons. The van der Waals surface area contributed by atoms with Crippen molar-refractivity contribution in [2.45, 2.75) is 26.3 Å². The molecule has 1 unspecified atom stereocenters. The van der Waals surface area contributed by atoms with Gasteiger partial charge in [0.25, 0.3) is 0 Å². The van der Waals surface area contributed by atoms with Crippen LogP contribution < -0.4 is 4.90 Å². The van der Waals surface area contributed by atoms with Crippen molar-refractivity contribution < 1.29 is 9.90 Å². The number of carboxylic acids is 1. The Balaban J connectivity index is 2.14. The summed E-state index contributed by atoms with van der Waals surface area (Å²) in [5.41, 5.74) is 0.214. The predicted molar refractivity (Wildman–Crippen MR) is 79.7 cm³/mol. The minimum atomic E-state index is -0.964. The lowest BCUT2D eigenvalue weighted by atomic mass is 10.1. The highest BCUT2D eigenvalue weighted by Gasteiger charge is 2.24. The van der Waals surface area contributed by atoms with E-state index in [1.165, 1.54) is 12.1 Å². The lowest BCUT2D eigenvalue weighted by Crippen LogP contribution is -2.50. The molecule has 0 bridgehead atoms. The molecule has 1 atom stereocenters. The molecule has 0 aromatic carbocycles. The van der Waals surface area contributed by atoms with Crippen molar-refractivity contribution in [3.63, 3.8) is 0 Å². The number of anilines is 1. The second kappa shape index (κ2) is 6.41. The highest BCUT2D eigenvalue weighted by Crippen LogP contribution is 2.23. The maximum atomic E-state index is 11.3. The Morgan fingerprint density at radius 1 is 1.40 bits per heavy atom. The van der Waals surface area contributed by atoms with Crippen molar-refractivity contribution in [3.05, 3.63) is 22.8 Å². The molecule has 110 valence electrons. The first-order chi connectivity index (χ1) is 9.52. The second-order valence-corrected chi connectivity index (χ2v) is 5.48. The van der Waals surface area contributed by atoms with Crippen molar-refractivity contribution in [2.75, 3.05) is 31.1 Å². The fourth-order valence-corrected chi connectivity index (χ4v) is 2.61. The molecule has 0 saturated carbocycles. The van der Waals surface area contributed by atoms with E-state index in [9.17, 15) is 9.90 Å². The zero-order chi connectivity index (χ0) is 14.7. The molecule has 2 rings (SSSR count). The quantitative estimate of drug-likeness (QED) is 0.865. The zero-order valence-electron chi connectivity index (χ0n) is 11.8. The number of hydrogen-bond donors (Lipinski definition) is 1. The Hall–Kier alpha value is -1.33. The highest BCUT2D eigenvalue weighted by atomic mass is 35.5. The summed E-state index contributed by atoms with van der Waals surface area (Å²) in [6.07, 6.45) is 1.12. The van der Waals surface area contributed by atoms with E-state index in [0.29, 0.717) is 17.0 Å². The summed E-state index contributed by atoms with van der Waals surface area (Å²) in [6.45, 7) is 7.79. The van der Waals surface area contributed by atoms with Crippen LogP contribution in [0.3, 0.4) is 0 Å². The number of rotatable bonds is 4. The van der Waals surface area contributed by atoms with Gasteiger partial charge in [0.2, 0.25) is 0 Å². The predicted octanol–water partition coefficient (Wildman–Crippen LogP) is 2.35. The smallest absolute Gasteiger partial charge is 0.339 e. The summed E-state index contributed by atoms with van der Waals surface area (Å²) in [6, 6.07) is 3.60. The number of nitrogens with zero attached hydrogens (tertiary/aromatic N) is 3. The summed E-state index contributed by atoms with van der Waals surface area (Å²) >= 11 is 5.90. The summed E-state index contributed by atoms with van der Waals surface area (Å²) in [7, 11) is 0. The first-order valence-corrected chi connectivity index (χ1v) is 7.29. The standard InChI is InChI=1S/C14H20ClN3O2/c1-3-10(2)17-6-8-18(9-7-17)13-11(14(19)20)4-5-12(15)16-13/h4-5,10H,3,6-9H2,1-2H3,(H,19,20). The largest absolute Gasteiger partial charge is 0.478 e. The molecule has 1 fully saturated rings. The maximum absolute atomic E-state index is 11.3. The maximum Gasteiger partial charge on any atom is 0.339 e. The average Bonchev–Trinajstić information content (AvgIpc) is 2.46. The van der Waals surface area contributed by atoms with E-state index >= 15 is 0 Å². The molecule has 1 aliphatic heterocycles. The molecule has 1 aromatic rings. The van der Waals surface area contributed by atoms with Gasteiger partial charge in [0.15, 0.2) is 0 Å². The van der Waals surface area contributed by atoms with Gasteiger partial charge in [-0.25, -0.2) is 9.78 Å². The third-order valence-electron chi connectivity index (χ3n) is 3.90. The number of carboxylic acid groups (broad SMARTS) is 1. The van der Waals surface area contributed by atoms with Gasteiger partial charge in [-0.1, -0.05) is 18.5 Å². The van der Waals surface area contributed by atoms with Gasteiger partial charge < -0.3 is 10.0 Å². The van der Waals surface area contributed by atoms with Gasteiger partial charge in [0.1, 0.15) is 16.5 Å². The lowest BCUT2D eigenvalue weighted by molar-refractivity contribution is 0.0697. The van der Waals surface area contributed by atoms with E-state index < -0.39 is 5.97 Å². The molecule has 0 spiro atoms. The first-order valence-electron chi connectivity index (χ1n) is 6.91. The van der Waals surface area contributed by atoms with Gasteiger partial charge in [0.05, 0.1) is 0 Å². The number of carbonyl (C=O) groups is 1. The van der Waals surface area contributed by atoms with Crippen LogP contribution in [0.5, 0.6) is 0 Å². The van der Waals surface area contributed by atoms with Crippen molar-refractivity contribution in [3.8, 4) is 0 Å². The Morgan fingerprint density at radius 2 is 2.05 bits per heavy atom. The Kier molecular flexibility index (Phi) is 4.83. The summed E-state index contributed by atoms with van der Waals surface area (Å²) in [5, 5.41) is 9.57. The molecule has 20 heavy (non-hydrogen) atoms. The van der Waals surface area contributed by atoms with Crippen LogP contribution in [-0.4, -0.2) is 53.2 Å². The molecular formula is C14H20ClN3O2. The number of piperazine rings is 1. The van der Waals surface area contributed by atoms with Crippen LogP contribution in [-0.2, 0) is 0 Å². The number of halogens is 1. The summed E-state index contributed by atoms with van der Waals surface area (Å²) in [4.78, 5) is 19.9. The van der Waals surface area contributed by atoms with E-state index in [2.05, 4.69) is 23.7 Å². The molecule has 1 aromatic heterocycles. The number of pyridine rings is 1. The van der Waals surface area contributed by atoms with Crippen molar-refractivity contribution in [1.29, 1.82) is 0 Å². The molecule has 2 heterocycles. The van der Waals surface area contributed by atoms with E-state index in [-0.39, 0.29) is 5.56 Å². The number of aromatic carboxylic acids is 1. The number of hydrogen-bond acceptors (Lipinski definition) is 4. The van der Waals surface area contributed by atoms with Crippen LogP contribution in [0.25, 0.3) is 0 Å². The Bertz CT molecular complexity index is 487. The lowest BCUT2D eigenvalue weighted by Gasteiger charge is -2.38. The average molecular weight is 298 g/mol. The third-order valence-corrected chi connectivity index (χ3v) is 4.11. The molecule has 0 amide bonds. The highest BCUT2D eigenvalue weighted by molar-refractivity contribution is 6.29. The van der Waals surface area contributed by atoms with Crippen LogP contribution in [0.15, 0.2) is 12.1 Å². The van der Waals surface area contributed by atoms with Gasteiger partial charge in [-0.2, -0.15) is 0 Å². The third kappa shape index (κ3) is 3.22. The summed E-state index contributed by atoms with van der Waals surface area (Å²) < 4.78 is 0. The summed E-state index contributed by atoms with van der Waals surface area (Å²) in [5.74, 6) is -0.484. The Labute approximate surface area is 124 Å². The minimum Gasteiger partial charge on any atom is -0.478 e. The molecule has 1 saturated heterocycles. The van der Waals surface area contributed by atoms with E-state index in [4.69, 9.17) is 11.6 Å². The van der Waals surface area contributed by atoms with Crippen LogP contribution in [0, 0.1) is 0 Å². The minimum absolute atomic E-state index is 0.214. The van der Waals surface area contributed by atoms with E-state index in [1.54, 1.807) is 0 Å². The van der Waals surface area contributed by atoms with Crippen LogP contribution in [0.1, 0.15) is 30.6 Å². The molecule has 6 heteroatoms. The monoisotopic (exact) mass is 297 g/mol. The fraction of sp³-hybridized carbons (Fsp3) is 0.571. The molecule has 1 N–H and O–H groups in total. The SMILES string of the molecule is CCC(C)N1CCN(c2nc(Cl)ccc2C(=O)O)CC1. The van der Waals surface area contributed by atoms with Crippen molar-refractivity contribution in [2.24, 2.45) is 0 Å². The van der Waals surface area contributed by atoms with Gasteiger partial charge in [0, 0.05) is 32.2 Å². The van der Waals surface area contributed by atoms with Crippen LogP contribution in [0.4, 0.5) is 5.82 Å². The number of aromatic nitrogens is 1. The van der Waals surface area contributed by atoms with Crippen LogP contribution >= 0.6 is 11.6 Å². The molecule has 1 aliphatic rings. The van der Waals surface area contributed by atoms with Gasteiger partial charge >= 0.3 is 5.97 Å².